The molecular weight excluding hydrogens is 618 g/mol. The number of aromatic nitrogens is 2. The second kappa shape index (κ2) is 15.8. The number of esters is 1. The van der Waals surface area contributed by atoms with E-state index in [1.165, 1.54) is 0 Å². The third kappa shape index (κ3) is 9.25. The van der Waals surface area contributed by atoms with Gasteiger partial charge in [0, 0.05) is 12.7 Å². The number of unbranched alkanes of at least 4 members (excludes halogenated alkanes) is 1. The van der Waals surface area contributed by atoms with E-state index in [9.17, 15) is 14.4 Å². The summed E-state index contributed by atoms with van der Waals surface area (Å²) in [7, 11) is 0. The first-order valence-corrected chi connectivity index (χ1v) is 16.6. The standard InChI is InChI=1S/C40H47N3O6/c1-8-47-35(44)33(26-18-19-27-43(36(45)48-38(2,3)4)37(46)49-39(5,6)7)34-28-42(29-41-34)40(30-20-12-9-13-21-30,31-22-14-10-15-23-31)32-24-16-11-17-25-32/h9-17,20-26,28-29H,8,18-19,27H2,1-7H3. The summed E-state index contributed by atoms with van der Waals surface area (Å²) in [6, 6.07) is 30.5. The molecule has 1 heterocycles. The number of benzene rings is 3. The molecule has 0 radical (unpaired) electrons. The van der Waals surface area contributed by atoms with Crippen LogP contribution in [-0.4, -0.2) is 57.0 Å². The molecule has 0 unspecified atom stereocenters. The maximum atomic E-state index is 13.4. The topological polar surface area (TPSA) is 100.0 Å². The van der Waals surface area contributed by atoms with E-state index in [1.54, 1.807) is 60.9 Å². The average molecular weight is 666 g/mol. The normalized spacial score (nSPS) is 12.3. The number of carbonyl (C=O) groups excluding carboxylic acids is 3. The number of hydrogen-bond donors (Lipinski definition) is 0. The highest BCUT2D eigenvalue weighted by atomic mass is 16.6. The van der Waals surface area contributed by atoms with Gasteiger partial charge in [0.2, 0.25) is 0 Å². The second-order valence-electron chi connectivity index (χ2n) is 13.6. The molecule has 0 aliphatic rings. The number of ether oxygens (including phenoxy) is 3. The predicted molar refractivity (Wildman–Crippen MR) is 190 cm³/mol. The van der Waals surface area contributed by atoms with E-state index in [4.69, 9.17) is 19.2 Å². The number of nitrogens with zero attached hydrogens (tertiary/aromatic N) is 3. The van der Waals surface area contributed by atoms with Crippen molar-refractivity contribution in [1.29, 1.82) is 0 Å². The van der Waals surface area contributed by atoms with Gasteiger partial charge in [-0.25, -0.2) is 24.3 Å². The Kier molecular flexibility index (Phi) is 11.8. The van der Waals surface area contributed by atoms with Crippen molar-refractivity contribution in [3.05, 3.63) is 132 Å². The van der Waals surface area contributed by atoms with Crippen LogP contribution in [0.5, 0.6) is 0 Å². The van der Waals surface area contributed by atoms with Gasteiger partial charge in [-0.15, -0.1) is 0 Å². The van der Waals surface area contributed by atoms with Gasteiger partial charge in [-0.2, -0.15) is 0 Å². The first-order valence-electron chi connectivity index (χ1n) is 16.6. The lowest BCUT2D eigenvalue weighted by Crippen LogP contribution is -2.44. The third-order valence-corrected chi connectivity index (χ3v) is 7.48. The van der Waals surface area contributed by atoms with Crippen molar-refractivity contribution in [2.75, 3.05) is 13.2 Å². The number of rotatable bonds is 11. The van der Waals surface area contributed by atoms with Crippen molar-refractivity contribution in [3.8, 4) is 0 Å². The number of imide groups is 1. The van der Waals surface area contributed by atoms with Crippen molar-refractivity contribution < 1.29 is 28.6 Å². The smallest absolute Gasteiger partial charge is 0.419 e. The van der Waals surface area contributed by atoms with Gasteiger partial charge < -0.3 is 18.8 Å². The molecule has 4 aromatic rings. The largest absolute Gasteiger partial charge is 0.462 e. The summed E-state index contributed by atoms with van der Waals surface area (Å²) >= 11 is 0. The van der Waals surface area contributed by atoms with Crippen LogP contribution in [0.2, 0.25) is 0 Å². The Morgan fingerprint density at radius 3 is 1.59 bits per heavy atom. The molecule has 3 aromatic carbocycles. The Morgan fingerprint density at radius 2 is 1.18 bits per heavy atom. The molecular formula is C40H47N3O6. The van der Waals surface area contributed by atoms with Crippen LogP contribution in [0.25, 0.3) is 5.57 Å². The van der Waals surface area contributed by atoms with Crippen LogP contribution >= 0.6 is 0 Å². The molecule has 0 spiro atoms. The Bertz CT molecular complexity index is 1590. The first kappa shape index (κ1) is 36.7. The summed E-state index contributed by atoms with van der Waals surface area (Å²) in [5.41, 5.74) is 1.35. The number of allylic oxidation sites excluding steroid dienone is 1. The van der Waals surface area contributed by atoms with E-state index in [1.807, 2.05) is 65.4 Å². The van der Waals surface area contributed by atoms with Crippen molar-refractivity contribution in [2.45, 2.75) is 78.0 Å². The van der Waals surface area contributed by atoms with Crippen molar-refractivity contribution in [1.82, 2.24) is 14.5 Å². The summed E-state index contributed by atoms with van der Waals surface area (Å²) < 4.78 is 18.4. The number of hydrogen-bond acceptors (Lipinski definition) is 7. The number of imidazole rings is 1. The fourth-order valence-corrected chi connectivity index (χ4v) is 5.52. The zero-order chi connectivity index (χ0) is 35.7. The zero-order valence-electron chi connectivity index (χ0n) is 29.5. The molecule has 49 heavy (non-hydrogen) atoms. The lowest BCUT2D eigenvalue weighted by atomic mass is 9.77. The number of amides is 2. The van der Waals surface area contributed by atoms with Gasteiger partial charge in [0.15, 0.2) is 0 Å². The predicted octanol–water partition coefficient (Wildman–Crippen LogP) is 8.62. The quantitative estimate of drug-likeness (QED) is 0.0520. The molecule has 4 rings (SSSR count). The van der Waals surface area contributed by atoms with E-state index in [-0.39, 0.29) is 18.7 Å². The Labute approximate surface area is 289 Å². The van der Waals surface area contributed by atoms with Crippen molar-refractivity contribution in [2.24, 2.45) is 0 Å². The van der Waals surface area contributed by atoms with Gasteiger partial charge >= 0.3 is 18.2 Å². The van der Waals surface area contributed by atoms with Gasteiger partial charge in [0.05, 0.1) is 24.2 Å². The summed E-state index contributed by atoms with van der Waals surface area (Å²) in [6.45, 7) is 12.3. The molecule has 0 aliphatic carbocycles. The molecule has 1 aromatic heterocycles. The molecule has 0 N–H and O–H groups in total. The fraction of sp³-hybridized carbons (Fsp3) is 0.350. The highest BCUT2D eigenvalue weighted by molar-refractivity contribution is 6.15. The second-order valence-corrected chi connectivity index (χ2v) is 13.6. The van der Waals surface area contributed by atoms with Gasteiger partial charge in [-0.3, -0.25) is 0 Å². The van der Waals surface area contributed by atoms with Crippen LogP contribution in [0.15, 0.2) is 110 Å². The molecule has 2 amide bonds. The van der Waals surface area contributed by atoms with Crippen LogP contribution in [0, 0.1) is 0 Å². The lowest BCUT2D eigenvalue weighted by Gasteiger charge is -2.37. The molecule has 0 aliphatic heterocycles. The minimum Gasteiger partial charge on any atom is -0.462 e. The van der Waals surface area contributed by atoms with Gasteiger partial charge in [-0.05, 0) is 78.0 Å². The summed E-state index contributed by atoms with van der Waals surface area (Å²) in [5.74, 6) is -0.520. The minimum absolute atomic E-state index is 0.0179. The van der Waals surface area contributed by atoms with E-state index < -0.39 is 34.9 Å². The monoisotopic (exact) mass is 665 g/mol. The number of carbonyl (C=O) groups is 3. The summed E-state index contributed by atoms with van der Waals surface area (Å²) in [4.78, 5) is 45.0. The molecule has 0 fully saturated rings. The maximum Gasteiger partial charge on any atom is 0.419 e. The zero-order valence-corrected chi connectivity index (χ0v) is 29.5. The summed E-state index contributed by atoms with van der Waals surface area (Å²) in [6.07, 6.45) is 4.42. The third-order valence-electron chi connectivity index (χ3n) is 7.48. The van der Waals surface area contributed by atoms with Gasteiger partial charge in [0.1, 0.15) is 16.7 Å². The van der Waals surface area contributed by atoms with Crippen LogP contribution in [0.3, 0.4) is 0 Å². The molecule has 9 nitrogen and oxygen atoms in total. The molecule has 0 atom stereocenters. The van der Waals surface area contributed by atoms with Crippen molar-refractivity contribution >= 4 is 23.7 Å². The van der Waals surface area contributed by atoms with E-state index in [2.05, 4.69) is 36.4 Å². The van der Waals surface area contributed by atoms with Crippen LogP contribution in [0.1, 0.15) is 83.7 Å². The average Bonchev–Trinajstić information content (AvgIpc) is 3.53. The van der Waals surface area contributed by atoms with E-state index in [0.717, 1.165) is 21.6 Å². The van der Waals surface area contributed by atoms with Gasteiger partial charge in [-0.1, -0.05) is 97.1 Å². The van der Waals surface area contributed by atoms with Crippen LogP contribution < -0.4 is 0 Å². The lowest BCUT2D eigenvalue weighted by molar-refractivity contribution is -0.136. The molecule has 258 valence electrons. The van der Waals surface area contributed by atoms with Crippen LogP contribution in [-0.2, 0) is 24.5 Å². The highest BCUT2D eigenvalue weighted by Crippen LogP contribution is 2.41. The molecule has 0 saturated heterocycles. The summed E-state index contributed by atoms with van der Waals surface area (Å²) in [5, 5.41) is 0. The Morgan fingerprint density at radius 1 is 0.735 bits per heavy atom. The van der Waals surface area contributed by atoms with E-state index in [0.29, 0.717) is 18.5 Å². The molecule has 0 saturated carbocycles. The SMILES string of the molecule is CCOC(=O)C(=CCCCN(C(=O)OC(C)(C)C)C(=O)OC(C)(C)C)c1cn(C(c2ccccc2)(c2ccccc2)c2ccccc2)cn1. The van der Waals surface area contributed by atoms with E-state index >= 15 is 0 Å². The minimum atomic E-state index is -0.809. The Balaban J connectivity index is 1.72. The first-order chi connectivity index (χ1) is 23.3. The molecule has 9 heteroatoms. The maximum absolute atomic E-state index is 13.4. The van der Waals surface area contributed by atoms with Crippen molar-refractivity contribution in [3.63, 3.8) is 0 Å². The highest BCUT2D eigenvalue weighted by Gasteiger charge is 2.39. The molecule has 0 bridgehead atoms. The fourth-order valence-electron chi connectivity index (χ4n) is 5.52. The van der Waals surface area contributed by atoms with Gasteiger partial charge in [0.25, 0.3) is 0 Å². The van der Waals surface area contributed by atoms with Crippen LogP contribution in [0.4, 0.5) is 9.59 Å². The Hall–Kier alpha value is -5.18.